The van der Waals surface area contributed by atoms with E-state index in [1.165, 1.54) is 0 Å². The molecule has 0 saturated carbocycles. The number of H-pyrrole nitrogens is 1. The Labute approximate surface area is 208 Å². The highest BCUT2D eigenvalue weighted by atomic mass is 16.5. The van der Waals surface area contributed by atoms with Crippen molar-refractivity contribution in [3.63, 3.8) is 0 Å². The van der Waals surface area contributed by atoms with Crippen molar-refractivity contribution in [1.82, 2.24) is 39.8 Å². The van der Waals surface area contributed by atoms with Crippen molar-refractivity contribution in [2.24, 2.45) is 0 Å². The molecule has 1 aromatic carbocycles. The Morgan fingerprint density at radius 2 is 1.83 bits per heavy atom. The number of urea groups is 1. The van der Waals surface area contributed by atoms with Crippen molar-refractivity contribution in [1.29, 1.82) is 0 Å². The van der Waals surface area contributed by atoms with Crippen LogP contribution in [0, 0.1) is 6.92 Å². The van der Waals surface area contributed by atoms with Crippen molar-refractivity contribution in [2.75, 3.05) is 44.6 Å². The van der Waals surface area contributed by atoms with Gasteiger partial charge in [-0.1, -0.05) is 5.16 Å². The molecular weight excluding hydrogens is 458 g/mol. The largest absolute Gasteiger partial charge is 0.334 e. The first-order chi connectivity index (χ1) is 17.6. The number of nitrogens with one attached hydrogen (secondary N) is 2. The molecule has 0 atom stereocenters. The molecule has 5 heterocycles. The van der Waals surface area contributed by atoms with Crippen LogP contribution in [0.15, 0.2) is 41.1 Å². The molecule has 0 aliphatic carbocycles. The van der Waals surface area contributed by atoms with E-state index in [4.69, 9.17) is 4.52 Å². The van der Waals surface area contributed by atoms with Crippen molar-refractivity contribution in [2.45, 2.75) is 26.3 Å². The predicted octanol–water partition coefficient (Wildman–Crippen LogP) is 3.39. The van der Waals surface area contributed by atoms with Gasteiger partial charge in [0.05, 0.1) is 11.0 Å². The van der Waals surface area contributed by atoms with Gasteiger partial charge < -0.3 is 24.6 Å². The number of amides is 2. The third kappa shape index (κ3) is 4.74. The Balaban J connectivity index is 1.08. The molecule has 0 unspecified atom stereocenters. The molecule has 6 rings (SSSR count). The summed E-state index contributed by atoms with van der Waals surface area (Å²) in [4.78, 5) is 35.7. The van der Waals surface area contributed by atoms with Gasteiger partial charge >= 0.3 is 6.03 Å². The smallest absolute Gasteiger partial charge is 0.320 e. The lowest BCUT2D eigenvalue weighted by molar-refractivity contribution is 0.115. The minimum absolute atomic E-state index is 0.202. The van der Waals surface area contributed by atoms with Crippen LogP contribution in [-0.4, -0.2) is 85.1 Å². The molecule has 2 aliphatic rings. The zero-order valence-electron chi connectivity index (χ0n) is 20.3. The van der Waals surface area contributed by atoms with Gasteiger partial charge in [-0.3, -0.25) is 4.90 Å². The lowest BCUT2D eigenvalue weighted by Gasteiger charge is -2.36. The number of benzene rings is 1. The van der Waals surface area contributed by atoms with Crippen LogP contribution in [0.1, 0.15) is 24.2 Å². The number of carbonyl (C=O) groups excluding carboxylic acids is 1. The number of anilines is 2. The number of carbonyl (C=O) groups is 1. The first kappa shape index (κ1) is 22.5. The number of fused-ring (bicyclic) bond motifs is 1. The van der Waals surface area contributed by atoms with Gasteiger partial charge in [-0.05, 0) is 55.7 Å². The van der Waals surface area contributed by atoms with E-state index in [1.54, 1.807) is 6.92 Å². The summed E-state index contributed by atoms with van der Waals surface area (Å²) in [5.74, 6) is 2.42. The van der Waals surface area contributed by atoms with Gasteiger partial charge in [0, 0.05) is 57.6 Å². The second kappa shape index (κ2) is 9.57. The highest BCUT2D eigenvalue weighted by Gasteiger charge is 2.26. The molecule has 3 aromatic heterocycles. The lowest BCUT2D eigenvalue weighted by Crippen LogP contribution is -2.52. The third-order valence-corrected chi connectivity index (χ3v) is 6.75. The van der Waals surface area contributed by atoms with Crippen LogP contribution in [-0.2, 0) is 6.54 Å². The topological polar surface area (TPSA) is 119 Å². The second-order valence-electron chi connectivity index (χ2n) is 9.38. The molecule has 36 heavy (non-hydrogen) atoms. The van der Waals surface area contributed by atoms with E-state index in [-0.39, 0.29) is 6.03 Å². The Kier molecular flexibility index (Phi) is 5.98. The van der Waals surface area contributed by atoms with Gasteiger partial charge in [0.25, 0.3) is 5.89 Å². The molecule has 2 aliphatic heterocycles. The molecule has 11 nitrogen and oxygen atoms in total. The number of hydrogen-bond donors (Lipinski definition) is 2. The summed E-state index contributed by atoms with van der Waals surface area (Å²) >= 11 is 0. The number of aromatic nitrogens is 5. The van der Waals surface area contributed by atoms with Crippen LogP contribution in [0.2, 0.25) is 0 Å². The zero-order valence-corrected chi connectivity index (χ0v) is 20.3. The van der Waals surface area contributed by atoms with Gasteiger partial charge in [0.1, 0.15) is 5.82 Å². The molecule has 2 amide bonds. The van der Waals surface area contributed by atoms with Crippen LogP contribution in [0.4, 0.5) is 16.6 Å². The van der Waals surface area contributed by atoms with Crippen molar-refractivity contribution >= 4 is 28.8 Å². The average molecular weight is 488 g/mol. The molecule has 186 valence electrons. The number of imidazole rings is 1. The molecule has 0 radical (unpaired) electrons. The summed E-state index contributed by atoms with van der Waals surface area (Å²) in [6.07, 6.45) is 4.06. The van der Waals surface area contributed by atoms with Crippen molar-refractivity contribution in [3.05, 3.63) is 47.9 Å². The van der Waals surface area contributed by atoms with E-state index in [0.29, 0.717) is 17.7 Å². The van der Waals surface area contributed by atoms with Gasteiger partial charge in [-0.15, -0.1) is 0 Å². The fourth-order valence-electron chi connectivity index (χ4n) is 4.84. The summed E-state index contributed by atoms with van der Waals surface area (Å²) in [5, 5.41) is 7.14. The summed E-state index contributed by atoms with van der Waals surface area (Å²) in [6, 6.07) is 10.1. The van der Waals surface area contributed by atoms with E-state index in [2.05, 4.69) is 35.3 Å². The van der Waals surface area contributed by atoms with Gasteiger partial charge in [-0.2, -0.15) is 4.98 Å². The zero-order chi connectivity index (χ0) is 24.5. The molecular formula is C25H29N9O2. The van der Waals surface area contributed by atoms with E-state index >= 15 is 0 Å². The highest BCUT2D eigenvalue weighted by Crippen LogP contribution is 2.24. The summed E-state index contributed by atoms with van der Waals surface area (Å²) in [7, 11) is 0. The van der Waals surface area contributed by atoms with Crippen LogP contribution in [0.25, 0.3) is 22.5 Å². The van der Waals surface area contributed by atoms with Crippen LogP contribution in [0.3, 0.4) is 0 Å². The summed E-state index contributed by atoms with van der Waals surface area (Å²) < 4.78 is 5.27. The predicted molar refractivity (Wildman–Crippen MR) is 135 cm³/mol. The molecule has 2 N–H and O–H groups in total. The summed E-state index contributed by atoms with van der Waals surface area (Å²) in [6.45, 7) is 7.70. The van der Waals surface area contributed by atoms with Gasteiger partial charge in [-0.25, -0.2) is 14.8 Å². The summed E-state index contributed by atoms with van der Waals surface area (Å²) in [5.41, 5.74) is 3.69. The maximum atomic E-state index is 12.6. The number of aromatic amines is 1. The minimum atomic E-state index is 0.202. The van der Waals surface area contributed by atoms with E-state index in [9.17, 15) is 4.79 Å². The number of piperazine rings is 1. The third-order valence-electron chi connectivity index (χ3n) is 6.75. The van der Waals surface area contributed by atoms with Crippen molar-refractivity contribution < 1.29 is 9.32 Å². The van der Waals surface area contributed by atoms with Crippen LogP contribution >= 0.6 is 0 Å². The minimum Gasteiger partial charge on any atom is -0.334 e. The number of nitrogens with zero attached hydrogens (tertiary/aromatic N) is 7. The van der Waals surface area contributed by atoms with Crippen LogP contribution in [0.5, 0.6) is 0 Å². The standard InChI is InChI=1S/C25H29N9O2/c1-17-27-23(36-31-17)19-4-5-20-21(15-19)29-24(28-20)30-22-14-18(6-7-26-22)16-32-10-12-34(13-11-32)25(35)33-8-2-3-9-33/h4-7,14-15H,2-3,8-13,16H2,1H3,(H2,26,28,29,30). The molecule has 2 fully saturated rings. The molecule has 11 heteroatoms. The number of likely N-dealkylation sites (tertiary alicyclic amines) is 1. The molecule has 2 saturated heterocycles. The Morgan fingerprint density at radius 3 is 2.61 bits per heavy atom. The first-order valence-corrected chi connectivity index (χ1v) is 12.4. The van der Waals surface area contributed by atoms with Crippen LogP contribution < -0.4 is 5.32 Å². The Hall–Kier alpha value is -3.99. The maximum absolute atomic E-state index is 12.6. The first-order valence-electron chi connectivity index (χ1n) is 12.4. The number of pyridine rings is 1. The normalized spacial score (nSPS) is 16.7. The molecule has 4 aromatic rings. The van der Waals surface area contributed by atoms with Crippen molar-refractivity contribution in [3.8, 4) is 11.5 Å². The SMILES string of the molecule is Cc1noc(-c2ccc3nc(Nc4cc(CN5CCN(C(=O)N6CCCC6)CC5)ccn4)[nH]c3c2)n1. The van der Waals surface area contributed by atoms with E-state index in [0.717, 1.165) is 86.6 Å². The second-order valence-corrected chi connectivity index (χ2v) is 9.38. The fourth-order valence-corrected chi connectivity index (χ4v) is 4.84. The quantitative estimate of drug-likeness (QED) is 0.440. The van der Waals surface area contributed by atoms with E-state index < -0.39 is 0 Å². The maximum Gasteiger partial charge on any atom is 0.320 e. The fraction of sp³-hybridized carbons (Fsp3) is 0.400. The number of aryl methyl sites for hydroxylation is 1. The Morgan fingerprint density at radius 1 is 1.03 bits per heavy atom. The van der Waals surface area contributed by atoms with Gasteiger partial charge in [0.15, 0.2) is 5.82 Å². The Bertz CT molecular complexity index is 1370. The number of rotatable bonds is 5. The van der Waals surface area contributed by atoms with Gasteiger partial charge in [0.2, 0.25) is 5.95 Å². The number of hydrogen-bond acceptors (Lipinski definition) is 8. The van der Waals surface area contributed by atoms with E-state index in [1.807, 2.05) is 46.3 Å². The molecule has 0 bridgehead atoms. The molecule has 0 spiro atoms. The average Bonchev–Trinajstić information content (AvgIpc) is 3.65. The monoisotopic (exact) mass is 487 g/mol. The lowest BCUT2D eigenvalue weighted by atomic mass is 10.2. The highest BCUT2D eigenvalue weighted by molar-refractivity contribution is 5.82.